The zero-order valence-electron chi connectivity index (χ0n) is 10.4. The van der Waals surface area contributed by atoms with E-state index in [4.69, 9.17) is 10.3 Å². The summed E-state index contributed by atoms with van der Waals surface area (Å²) in [5, 5.41) is 20.8. The van der Waals surface area contributed by atoms with E-state index in [0.29, 0.717) is 10.6 Å². The van der Waals surface area contributed by atoms with Crippen LogP contribution in [0.2, 0.25) is 0 Å². The standard InChI is InChI=1S/C14H12FNO3S/c15-10-3-1-9(2-4-10)12-6-7-13(20-12)11(16-19)5-8-14(17)18/h1-4,6-7,19H,5,8H2,(H,17,18). The average molecular weight is 293 g/mol. The van der Waals surface area contributed by atoms with Gasteiger partial charge in [0, 0.05) is 11.3 Å². The molecule has 0 radical (unpaired) electrons. The molecule has 0 aliphatic heterocycles. The maximum atomic E-state index is 12.9. The second-order valence-electron chi connectivity index (χ2n) is 4.11. The molecule has 1 heterocycles. The molecule has 2 N–H and O–H groups in total. The first kappa shape index (κ1) is 14.2. The van der Waals surface area contributed by atoms with Gasteiger partial charge in [0.1, 0.15) is 5.82 Å². The topological polar surface area (TPSA) is 69.9 Å². The number of carboxylic acids is 1. The van der Waals surface area contributed by atoms with Crippen LogP contribution in [0.4, 0.5) is 4.39 Å². The van der Waals surface area contributed by atoms with Crippen molar-refractivity contribution in [2.45, 2.75) is 12.8 Å². The third-order valence-electron chi connectivity index (χ3n) is 2.72. The molecule has 0 saturated carbocycles. The SMILES string of the molecule is O=C(O)CCC(=NO)c1ccc(-c2ccc(F)cc2)s1. The third-order valence-corrected chi connectivity index (χ3v) is 3.90. The number of hydrogen-bond acceptors (Lipinski definition) is 4. The van der Waals surface area contributed by atoms with Crippen molar-refractivity contribution >= 4 is 23.0 Å². The number of carboxylic acid groups (broad SMARTS) is 1. The average Bonchev–Trinajstić information content (AvgIpc) is 2.89. The highest BCUT2D eigenvalue weighted by atomic mass is 32.1. The second-order valence-corrected chi connectivity index (χ2v) is 5.19. The van der Waals surface area contributed by atoms with E-state index in [-0.39, 0.29) is 18.7 Å². The van der Waals surface area contributed by atoms with E-state index in [1.807, 2.05) is 6.07 Å². The highest BCUT2D eigenvalue weighted by Crippen LogP contribution is 2.29. The second kappa shape index (κ2) is 6.29. The lowest BCUT2D eigenvalue weighted by atomic mass is 10.1. The smallest absolute Gasteiger partial charge is 0.303 e. The molecule has 6 heteroatoms. The van der Waals surface area contributed by atoms with E-state index in [1.54, 1.807) is 18.2 Å². The van der Waals surface area contributed by atoms with E-state index in [0.717, 1.165) is 10.4 Å². The normalized spacial score (nSPS) is 11.6. The predicted molar refractivity (Wildman–Crippen MR) is 74.9 cm³/mol. The molecule has 2 rings (SSSR count). The molecule has 0 spiro atoms. The Bertz CT molecular complexity index is 634. The first-order valence-corrected chi connectivity index (χ1v) is 6.70. The minimum Gasteiger partial charge on any atom is -0.481 e. The van der Waals surface area contributed by atoms with Crippen LogP contribution in [0.5, 0.6) is 0 Å². The summed E-state index contributed by atoms with van der Waals surface area (Å²) in [6.45, 7) is 0. The molecule has 20 heavy (non-hydrogen) atoms. The number of nitrogens with zero attached hydrogens (tertiary/aromatic N) is 1. The maximum absolute atomic E-state index is 12.9. The molecule has 2 aromatic rings. The zero-order chi connectivity index (χ0) is 14.5. The molecule has 0 fully saturated rings. The molecular formula is C14H12FNO3S. The summed E-state index contributed by atoms with van der Waals surface area (Å²) in [7, 11) is 0. The number of oxime groups is 1. The Morgan fingerprint density at radius 3 is 2.45 bits per heavy atom. The molecule has 0 aliphatic carbocycles. The molecule has 104 valence electrons. The van der Waals surface area contributed by atoms with Crippen LogP contribution < -0.4 is 0 Å². The van der Waals surface area contributed by atoms with Crippen molar-refractivity contribution in [3.8, 4) is 10.4 Å². The summed E-state index contributed by atoms with van der Waals surface area (Å²) in [5.74, 6) is -1.24. The number of carbonyl (C=O) groups is 1. The van der Waals surface area contributed by atoms with Gasteiger partial charge in [-0.3, -0.25) is 4.79 Å². The quantitative estimate of drug-likeness (QED) is 0.503. The van der Waals surface area contributed by atoms with Crippen LogP contribution in [0.1, 0.15) is 17.7 Å². The lowest BCUT2D eigenvalue weighted by Gasteiger charge is -1.99. The van der Waals surface area contributed by atoms with Gasteiger partial charge in [-0.05, 0) is 29.8 Å². The van der Waals surface area contributed by atoms with Crippen molar-refractivity contribution in [2.24, 2.45) is 5.16 Å². The molecule has 0 atom stereocenters. The Morgan fingerprint density at radius 2 is 1.85 bits per heavy atom. The van der Waals surface area contributed by atoms with Crippen LogP contribution in [0.3, 0.4) is 0 Å². The molecule has 0 saturated heterocycles. The third kappa shape index (κ3) is 3.42. The molecule has 0 bridgehead atoms. The molecule has 0 unspecified atom stereocenters. The van der Waals surface area contributed by atoms with Crippen LogP contribution in [0.25, 0.3) is 10.4 Å². The lowest BCUT2D eigenvalue weighted by Crippen LogP contribution is -2.03. The van der Waals surface area contributed by atoms with Gasteiger partial charge >= 0.3 is 5.97 Å². The fourth-order valence-corrected chi connectivity index (χ4v) is 2.73. The highest BCUT2D eigenvalue weighted by Gasteiger charge is 2.11. The Labute approximate surface area is 118 Å². The number of thiophene rings is 1. The van der Waals surface area contributed by atoms with E-state index >= 15 is 0 Å². The largest absolute Gasteiger partial charge is 0.481 e. The molecule has 0 amide bonds. The van der Waals surface area contributed by atoms with E-state index in [1.165, 1.54) is 23.5 Å². The summed E-state index contributed by atoms with van der Waals surface area (Å²) in [5.41, 5.74) is 1.20. The molecule has 1 aromatic carbocycles. The van der Waals surface area contributed by atoms with Crippen molar-refractivity contribution in [1.82, 2.24) is 0 Å². The van der Waals surface area contributed by atoms with E-state index < -0.39 is 5.97 Å². The molecule has 4 nitrogen and oxygen atoms in total. The van der Waals surface area contributed by atoms with Gasteiger partial charge in [-0.15, -0.1) is 11.3 Å². The Hall–Kier alpha value is -2.21. The fourth-order valence-electron chi connectivity index (χ4n) is 1.71. The van der Waals surface area contributed by atoms with Crippen molar-refractivity contribution in [3.63, 3.8) is 0 Å². The fraction of sp³-hybridized carbons (Fsp3) is 0.143. The van der Waals surface area contributed by atoms with E-state index in [2.05, 4.69) is 5.16 Å². The van der Waals surface area contributed by atoms with Crippen molar-refractivity contribution < 1.29 is 19.5 Å². The van der Waals surface area contributed by atoms with Crippen LogP contribution in [-0.2, 0) is 4.79 Å². The minimum atomic E-state index is -0.943. The van der Waals surface area contributed by atoms with Crippen molar-refractivity contribution in [2.75, 3.05) is 0 Å². The van der Waals surface area contributed by atoms with Crippen LogP contribution >= 0.6 is 11.3 Å². The number of rotatable bonds is 5. The Kier molecular flexibility index (Phi) is 4.47. The number of benzene rings is 1. The van der Waals surface area contributed by atoms with Crippen LogP contribution in [-0.4, -0.2) is 22.0 Å². The first-order valence-electron chi connectivity index (χ1n) is 5.89. The van der Waals surface area contributed by atoms with Gasteiger partial charge in [0.25, 0.3) is 0 Å². The van der Waals surface area contributed by atoms with Gasteiger partial charge < -0.3 is 10.3 Å². The van der Waals surface area contributed by atoms with Crippen molar-refractivity contribution in [3.05, 3.63) is 47.1 Å². The number of aliphatic carboxylic acids is 1. The summed E-state index contributed by atoms with van der Waals surface area (Å²) < 4.78 is 12.9. The van der Waals surface area contributed by atoms with Gasteiger partial charge in [-0.25, -0.2) is 4.39 Å². The monoisotopic (exact) mass is 293 g/mol. The van der Waals surface area contributed by atoms with Gasteiger partial charge in [-0.2, -0.15) is 0 Å². The zero-order valence-corrected chi connectivity index (χ0v) is 11.2. The van der Waals surface area contributed by atoms with Gasteiger partial charge in [-0.1, -0.05) is 17.3 Å². The lowest BCUT2D eigenvalue weighted by molar-refractivity contribution is -0.136. The summed E-state index contributed by atoms with van der Waals surface area (Å²) >= 11 is 1.37. The molecular weight excluding hydrogens is 281 g/mol. The summed E-state index contributed by atoms with van der Waals surface area (Å²) in [4.78, 5) is 12.1. The van der Waals surface area contributed by atoms with Crippen molar-refractivity contribution in [1.29, 1.82) is 0 Å². The number of hydrogen-bond donors (Lipinski definition) is 2. The Balaban J connectivity index is 2.19. The van der Waals surface area contributed by atoms with Gasteiger partial charge in [0.05, 0.1) is 17.0 Å². The first-order chi connectivity index (χ1) is 9.60. The predicted octanol–water partition coefficient (Wildman–Crippen LogP) is 3.60. The molecule has 0 aliphatic rings. The summed E-state index contributed by atoms with van der Waals surface area (Å²) in [6.07, 6.45) is 0.0678. The summed E-state index contributed by atoms with van der Waals surface area (Å²) in [6, 6.07) is 9.68. The number of halogens is 1. The van der Waals surface area contributed by atoms with Crippen LogP contribution in [0, 0.1) is 5.82 Å². The highest BCUT2D eigenvalue weighted by molar-refractivity contribution is 7.17. The van der Waals surface area contributed by atoms with Gasteiger partial charge in [0.2, 0.25) is 0 Å². The Morgan fingerprint density at radius 1 is 1.15 bits per heavy atom. The van der Waals surface area contributed by atoms with E-state index in [9.17, 15) is 9.18 Å². The van der Waals surface area contributed by atoms with Crippen LogP contribution in [0.15, 0.2) is 41.6 Å². The van der Waals surface area contributed by atoms with Gasteiger partial charge in [0.15, 0.2) is 0 Å². The minimum absolute atomic E-state index is 0.0941. The maximum Gasteiger partial charge on any atom is 0.303 e. The molecule has 1 aromatic heterocycles.